The zero-order chi connectivity index (χ0) is 15.2. The molecule has 0 aromatic heterocycles. The van der Waals surface area contributed by atoms with Gasteiger partial charge in [-0.15, -0.1) is 0 Å². The van der Waals surface area contributed by atoms with Gasteiger partial charge in [0.1, 0.15) is 0 Å². The van der Waals surface area contributed by atoms with Crippen molar-refractivity contribution in [3.05, 3.63) is 23.8 Å². The fourth-order valence-corrected chi connectivity index (χ4v) is 3.12. The molecular formula is C17H28N2O2. The molecule has 1 aliphatic rings. The lowest BCUT2D eigenvalue weighted by atomic mass is 9.95. The highest BCUT2D eigenvalue weighted by Crippen LogP contribution is 2.30. The van der Waals surface area contributed by atoms with Gasteiger partial charge in [0, 0.05) is 19.1 Å². The predicted molar refractivity (Wildman–Crippen MR) is 85.9 cm³/mol. The number of nitrogens with two attached hydrogens (primary N) is 1. The maximum atomic E-state index is 6.39. The summed E-state index contributed by atoms with van der Waals surface area (Å²) in [4.78, 5) is 2.50. The number of ether oxygens (including phenoxy) is 2. The van der Waals surface area contributed by atoms with E-state index >= 15 is 0 Å². The summed E-state index contributed by atoms with van der Waals surface area (Å²) in [6.45, 7) is 5.53. The van der Waals surface area contributed by atoms with Crippen LogP contribution in [0.15, 0.2) is 18.2 Å². The van der Waals surface area contributed by atoms with E-state index in [4.69, 9.17) is 15.2 Å². The minimum Gasteiger partial charge on any atom is -0.493 e. The van der Waals surface area contributed by atoms with Gasteiger partial charge in [-0.2, -0.15) is 0 Å². The summed E-state index contributed by atoms with van der Waals surface area (Å²) in [5, 5.41) is 0. The highest BCUT2D eigenvalue weighted by molar-refractivity contribution is 5.43. The number of methoxy groups -OCH3 is 2. The maximum Gasteiger partial charge on any atom is 0.161 e. The van der Waals surface area contributed by atoms with Crippen LogP contribution in [0, 0.1) is 5.92 Å². The van der Waals surface area contributed by atoms with E-state index in [1.54, 1.807) is 14.2 Å². The second kappa shape index (κ2) is 7.66. The van der Waals surface area contributed by atoms with Crippen LogP contribution in [0.4, 0.5) is 0 Å². The molecule has 0 radical (unpaired) electrons. The Morgan fingerprint density at radius 3 is 2.71 bits per heavy atom. The van der Waals surface area contributed by atoms with E-state index in [2.05, 4.69) is 11.8 Å². The van der Waals surface area contributed by atoms with E-state index in [0.717, 1.165) is 36.1 Å². The largest absolute Gasteiger partial charge is 0.493 e. The van der Waals surface area contributed by atoms with Gasteiger partial charge in [0.2, 0.25) is 0 Å². The molecule has 21 heavy (non-hydrogen) atoms. The topological polar surface area (TPSA) is 47.7 Å². The summed E-state index contributed by atoms with van der Waals surface area (Å²) >= 11 is 0. The molecule has 2 atom stereocenters. The molecule has 4 heteroatoms. The fraction of sp³-hybridized carbons (Fsp3) is 0.647. The first-order chi connectivity index (χ1) is 10.2. The van der Waals surface area contributed by atoms with Crippen molar-refractivity contribution < 1.29 is 9.47 Å². The maximum absolute atomic E-state index is 6.39. The highest BCUT2D eigenvalue weighted by Gasteiger charge is 2.21. The molecule has 0 amide bonds. The molecule has 0 aliphatic carbocycles. The quantitative estimate of drug-likeness (QED) is 0.876. The zero-order valence-corrected chi connectivity index (χ0v) is 13.5. The molecule has 2 unspecified atom stereocenters. The number of hydrogen-bond donors (Lipinski definition) is 1. The van der Waals surface area contributed by atoms with E-state index in [0.29, 0.717) is 0 Å². The van der Waals surface area contributed by atoms with Crippen LogP contribution in [0.25, 0.3) is 0 Å². The monoisotopic (exact) mass is 292 g/mol. The number of hydrogen-bond acceptors (Lipinski definition) is 4. The van der Waals surface area contributed by atoms with E-state index in [1.165, 1.54) is 25.8 Å². The summed E-state index contributed by atoms with van der Waals surface area (Å²) < 4.78 is 10.6. The van der Waals surface area contributed by atoms with Crippen LogP contribution in [-0.2, 0) is 0 Å². The Bertz CT molecular complexity index is 450. The number of piperidine rings is 1. The smallest absolute Gasteiger partial charge is 0.161 e. The standard InChI is InChI=1S/C17H28N2O2/c1-4-13-6-5-9-19(11-13)12-15(18)14-7-8-16(20-2)17(10-14)21-3/h7-8,10,13,15H,4-6,9,11-12,18H2,1-3H3. The number of likely N-dealkylation sites (tertiary alicyclic amines) is 1. The van der Waals surface area contributed by atoms with Crippen molar-refractivity contribution >= 4 is 0 Å². The van der Waals surface area contributed by atoms with Gasteiger partial charge in [0.05, 0.1) is 14.2 Å². The molecule has 2 N–H and O–H groups in total. The van der Waals surface area contributed by atoms with Crippen LogP contribution in [0.5, 0.6) is 11.5 Å². The minimum absolute atomic E-state index is 0.0143. The Hall–Kier alpha value is -1.26. The average molecular weight is 292 g/mol. The summed E-state index contributed by atoms with van der Waals surface area (Å²) in [5.41, 5.74) is 7.49. The first-order valence-electron chi connectivity index (χ1n) is 7.87. The average Bonchev–Trinajstić information content (AvgIpc) is 2.54. The molecule has 1 aromatic carbocycles. The van der Waals surface area contributed by atoms with Gasteiger partial charge >= 0.3 is 0 Å². The van der Waals surface area contributed by atoms with Crippen LogP contribution < -0.4 is 15.2 Å². The van der Waals surface area contributed by atoms with Crippen LogP contribution in [0.3, 0.4) is 0 Å². The predicted octanol–water partition coefficient (Wildman–Crippen LogP) is 2.83. The van der Waals surface area contributed by atoms with Gasteiger partial charge in [0.15, 0.2) is 11.5 Å². The highest BCUT2D eigenvalue weighted by atomic mass is 16.5. The van der Waals surface area contributed by atoms with Gasteiger partial charge in [-0.25, -0.2) is 0 Å². The summed E-state index contributed by atoms with van der Waals surface area (Å²) in [6.07, 6.45) is 3.91. The summed E-state index contributed by atoms with van der Waals surface area (Å²) in [5.74, 6) is 2.32. The van der Waals surface area contributed by atoms with Crippen molar-refractivity contribution in [2.24, 2.45) is 11.7 Å². The van der Waals surface area contributed by atoms with Gasteiger partial charge in [-0.3, -0.25) is 0 Å². The Balaban J connectivity index is 2.01. The molecule has 0 bridgehead atoms. The van der Waals surface area contributed by atoms with Gasteiger partial charge in [-0.05, 0) is 43.0 Å². The molecule has 0 saturated carbocycles. The molecule has 4 nitrogen and oxygen atoms in total. The van der Waals surface area contributed by atoms with Crippen LogP contribution >= 0.6 is 0 Å². The Kier molecular flexibility index (Phi) is 5.88. The Labute approximate surface area is 128 Å². The molecule has 1 heterocycles. The van der Waals surface area contributed by atoms with Crippen molar-refractivity contribution in [1.29, 1.82) is 0 Å². The lowest BCUT2D eigenvalue weighted by molar-refractivity contribution is 0.163. The second-order valence-corrected chi connectivity index (χ2v) is 5.90. The van der Waals surface area contributed by atoms with Crippen molar-refractivity contribution in [3.63, 3.8) is 0 Å². The second-order valence-electron chi connectivity index (χ2n) is 5.90. The number of benzene rings is 1. The summed E-state index contributed by atoms with van der Waals surface area (Å²) in [6, 6.07) is 5.97. The fourth-order valence-electron chi connectivity index (χ4n) is 3.12. The normalized spacial score (nSPS) is 21.0. The third-order valence-electron chi connectivity index (χ3n) is 4.47. The molecule has 1 aromatic rings. The molecule has 1 aliphatic heterocycles. The van der Waals surface area contributed by atoms with Crippen molar-refractivity contribution in [2.45, 2.75) is 32.2 Å². The van der Waals surface area contributed by atoms with Crippen LogP contribution in [-0.4, -0.2) is 38.8 Å². The number of nitrogens with zero attached hydrogens (tertiary/aromatic N) is 1. The van der Waals surface area contributed by atoms with Crippen LogP contribution in [0.1, 0.15) is 37.8 Å². The lowest BCUT2D eigenvalue weighted by Crippen LogP contribution is -2.39. The van der Waals surface area contributed by atoms with Crippen molar-refractivity contribution in [2.75, 3.05) is 33.9 Å². The first kappa shape index (κ1) is 16.1. The zero-order valence-electron chi connectivity index (χ0n) is 13.5. The molecule has 2 rings (SSSR count). The van der Waals surface area contributed by atoms with E-state index in [1.807, 2.05) is 18.2 Å². The van der Waals surface area contributed by atoms with Crippen LogP contribution in [0.2, 0.25) is 0 Å². The Morgan fingerprint density at radius 2 is 2.05 bits per heavy atom. The third-order valence-corrected chi connectivity index (χ3v) is 4.47. The molecule has 1 fully saturated rings. The van der Waals surface area contributed by atoms with Gasteiger partial charge in [0.25, 0.3) is 0 Å². The van der Waals surface area contributed by atoms with Crippen molar-refractivity contribution in [3.8, 4) is 11.5 Å². The van der Waals surface area contributed by atoms with E-state index in [9.17, 15) is 0 Å². The van der Waals surface area contributed by atoms with E-state index < -0.39 is 0 Å². The number of rotatable bonds is 6. The molecule has 118 valence electrons. The first-order valence-corrected chi connectivity index (χ1v) is 7.87. The summed E-state index contributed by atoms with van der Waals surface area (Å²) in [7, 11) is 3.31. The Morgan fingerprint density at radius 1 is 1.29 bits per heavy atom. The molecule has 0 spiro atoms. The lowest BCUT2D eigenvalue weighted by Gasteiger charge is -2.34. The minimum atomic E-state index is 0.0143. The third kappa shape index (κ3) is 4.11. The SMILES string of the molecule is CCC1CCCN(CC(N)c2ccc(OC)c(OC)c2)C1. The van der Waals surface area contributed by atoms with Gasteiger partial charge in [-0.1, -0.05) is 19.4 Å². The van der Waals surface area contributed by atoms with Crippen molar-refractivity contribution in [1.82, 2.24) is 4.90 Å². The van der Waals surface area contributed by atoms with E-state index in [-0.39, 0.29) is 6.04 Å². The van der Waals surface area contributed by atoms with Gasteiger partial charge < -0.3 is 20.1 Å². The molecular weight excluding hydrogens is 264 g/mol. The molecule has 1 saturated heterocycles.